The fourth-order valence-corrected chi connectivity index (χ4v) is 5.74. The maximum atomic E-state index is 11.4. The van der Waals surface area contributed by atoms with Crippen LogP contribution in [0.1, 0.15) is 40.3 Å². The van der Waals surface area contributed by atoms with Crippen LogP contribution in [0, 0.1) is 30.9 Å². The zero-order valence-electron chi connectivity index (χ0n) is 21.3. The Morgan fingerprint density at radius 1 is 1.11 bits per heavy atom. The van der Waals surface area contributed by atoms with Crippen molar-refractivity contribution < 1.29 is 9.66 Å². The Kier molecular flexibility index (Phi) is 6.93. The zero-order chi connectivity index (χ0) is 27.1. The van der Waals surface area contributed by atoms with Gasteiger partial charge >= 0.3 is 0 Å². The minimum atomic E-state index is -0.423. The lowest BCUT2D eigenvalue weighted by atomic mass is 9.96. The number of halogens is 1. The number of nitro groups is 1. The maximum absolute atomic E-state index is 11.4. The summed E-state index contributed by atoms with van der Waals surface area (Å²) in [7, 11) is 1.52. The molecule has 2 aromatic heterocycles. The van der Waals surface area contributed by atoms with Crippen LogP contribution in [-0.4, -0.2) is 26.7 Å². The van der Waals surface area contributed by atoms with Crippen molar-refractivity contribution in [1.82, 2.24) is 14.9 Å². The molecule has 1 saturated heterocycles. The molecule has 0 amide bonds. The lowest BCUT2D eigenvalue weighted by Gasteiger charge is -2.28. The molecule has 2 unspecified atom stereocenters. The van der Waals surface area contributed by atoms with Gasteiger partial charge in [0.25, 0.3) is 5.69 Å². The molecular formula is C28H26BrN5O3S. The van der Waals surface area contributed by atoms with Crippen molar-refractivity contribution in [2.75, 3.05) is 12.0 Å². The topological polar surface area (TPSA) is 85.5 Å². The van der Waals surface area contributed by atoms with Gasteiger partial charge in [0.2, 0.25) is 0 Å². The summed E-state index contributed by atoms with van der Waals surface area (Å²) in [5.74, 6) is 0.425. The molecule has 194 valence electrons. The van der Waals surface area contributed by atoms with Gasteiger partial charge in [0.1, 0.15) is 5.75 Å². The Hall–Kier alpha value is -3.76. The molecular weight excluding hydrogens is 566 g/mol. The van der Waals surface area contributed by atoms with Crippen molar-refractivity contribution in [1.29, 1.82) is 0 Å². The van der Waals surface area contributed by atoms with Crippen LogP contribution in [0.4, 0.5) is 11.4 Å². The molecule has 5 rings (SSSR count). The number of nitrogens with one attached hydrogen (secondary N) is 1. The second-order valence-corrected chi connectivity index (χ2v) is 10.4. The Balaban J connectivity index is 1.69. The maximum Gasteiger partial charge on any atom is 0.273 e. The molecule has 2 aromatic carbocycles. The van der Waals surface area contributed by atoms with E-state index >= 15 is 0 Å². The number of hydrogen-bond donors (Lipinski definition) is 1. The molecule has 0 bridgehead atoms. The normalized spacial score (nSPS) is 17.0. The molecule has 1 N–H and O–H groups in total. The number of anilines is 1. The molecule has 0 radical (unpaired) electrons. The van der Waals surface area contributed by atoms with Crippen LogP contribution in [0.5, 0.6) is 5.75 Å². The Labute approximate surface area is 234 Å². The van der Waals surface area contributed by atoms with E-state index in [9.17, 15) is 10.1 Å². The number of hydrogen-bond acceptors (Lipinski definition) is 5. The molecule has 10 heteroatoms. The number of thiocarbonyl (C=S) groups is 1. The fraction of sp³-hybridized carbons (Fsp3) is 0.214. The number of aromatic nitrogens is 2. The standard InChI is InChI=1S/C28H26BrN5O3S/c1-16-13-19(8-10-22(16)29)33-27(26(31-28(33)38)23-7-5-6-12-30-23)21-14-17(2)32(18(21)3)24-11-9-20(34(35)36)15-25(24)37-4/h5-15,26-27H,1-4H3,(H,31,38). The molecule has 0 spiro atoms. The van der Waals surface area contributed by atoms with Gasteiger partial charge in [-0.2, -0.15) is 0 Å². The predicted molar refractivity (Wildman–Crippen MR) is 155 cm³/mol. The number of pyridine rings is 1. The van der Waals surface area contributed by atoms with Crippen LogP contribution in [-0.2, 0) is 0 Å². The first-order valence-corrected chi connectivity index (χ1v) is 13.2. The quantitative estimate of drug-likeness (QED) is 0.152. The highest BCUT2D eigenvalue weighted by Gasteiger charge is 2.42. The van der Waals surface area contributed by atoms with E-state index in [1.807, 2.05) is 38.1 Å². The van der Waals surface area contributed by atoms with E-state index in [2.05, 4.69) is 60.8 Å². The van der Waals surface area contributed by atoms with Gasteiger partial charge in [-0.25, -0.2) is 0 Å². The largest absolute Gasteiger partial charge is 0.494 e. The van der Waals surface area contributed by atoms with Gasteiger partial charge in [0, 0.05) is 33.8 Å². The molecule has 3 heterocycles. The first-order valence-electron chi connectivity index (χ1n) is 12.0. The van der Waals surface area contributed by atoms with Crippen molar-refractivity contribution in [2.24, 2.45) is 0 Å². The molecule has 0 aliphatic carbocycles. The molecule has 1 fully saturated rings. The van der Waals surface area contributed by atoms with Crippen LogP contribution in [0.15, 0.2) is 71.3 Å². The Morgan fingerprint density at radius 2 is 1.89 bits per heavy atom. The van der Waals surface area contributed by atoms with Gasteiger partial charge in [0.15, 0.2) is 5.11 Å². The van der Waals surface area contributed by atoms with Gasteiger partial charge in [-0.1, -0.05) is 22.0 Å². The minimum Gasteiger partial charge on any atom is -0.494 e. The van der Waals surface area contributed by atoms with Gasteiger partial charge in [0.05, 0.1) is 41.6 Å². The first-order chi connectivity index (χ1) is 18.2. The monoisotopic (exact) mass is 591 g/mol. The second-order valence-electron chi connectivity index (χ2n) is 9.21. The van der Waals surface area contributed by atoms with Crippen molar-refractivity contribution >= 4 is 44.6 Å². The van der Waals surface area contributed by atoms with E-state index in [4.69, 9.17) is 17.0 Å². The molecule has 1 aliphatic heterocycles. The van der Waals surface area contributed by atoms with Crippen molar-refractivity contribution in [3.63, 3.8) is 0 Å². The molecule has 38 heavy (non-hydrogen) atoms. The Bertz CT molecular complexity index is 1560. The number of nitro benzene ring substituents is 1. The molecule has 4 aromatic rings. The van der Waals surface area contributed by atoms with Gasteiger partial charge in [-0.05, 0) is 86.6 Å². The van der Waals surface area contributed by atoms with E-state index in [0.717, 1.165) is 44.1 Å². The summed E-state index contributed by atoms with van der Waals surface area (Å²) in [4.78, 5) is 17.7. The SMILES string of the molecule is COc1cc([N+](=O)[O-])ccc1-n1c(C)cc(C2C(c3ccccn3)NC(=S)N2c2ccc(Br)c(C)c2)c1C. The minimum absolute atomic E-state index is 0.0226. The number of ether oxygens (including phenoxy) is 1. The number of rotatable bonds is 6. The van der Waals surface area contributed by atoms with E-state index < -0.39 is 4.92 Å². The third kappa shape index (κ3) is 4.43. The van der Waals surface area contributed by atoms with Crippen molar-refractivity contribution in [3.05, 3.63) is 110 Å². The molecule has 0 saturated carbocycles. The Morgan fingerprint density at radius 3 is 2.55 bits per heavy atom. The average Bonchev–Trinajstić information content (AvgIpc) is 3.40. The van der Waals surface area contributed by atoms with Crippen molar-refractivity contribution in [2.45, 2.75) is 32.9 Å². The van der Waals surface area contributed by atoms with Crippen LogP contribution in [0.2, 0.25) is 0 Å². The molecule has 1 aliphatic rings. The van der Waals surface area contributed by atoms with E-state index in [-0.39, 0.29) is 17.8 Å². The second kappa shape index (κ2) is 10.2. The summed E-state index contributed by atoms with van der Waals surface area (Å²) < 4.78 is 8.67. The van der Waals surface area contributed by atoms with Crippen LogP contribution in [0.25, 0.3) is 5.69 Å². The highest BCUT2D eigenvalue weighted by atomic mass is 79.9. The van der Waals surface area contributed by atoms with Gasteiger partial charge < -0.3 is 19.5 Å². The summed E-state index contributed by atoms with van der Waals surface area (Å²) >= 11 is 9.50. The number of benzene rings is 2. The summed E-state index contributed by atoms with van der Waals surface area (Å²) in [6.07, 6.45) is 1.79. The van der Waals surface area contributed by atoms with E-state index in [1.165, 1.54) is 19.2 Å². The smallest absolute Gasteiger partial charge is 0.273 e. The highest BCUT2D eigenvalue weighted by molar-refractivity contribution is 9.10. The number of nitrogens with zero attached hydrogens (tertiary/aromatic N) is 4. The molecule has 8 nitrogen and oxygen atoms in total. The lowest BCUT2D eigenvalue weighted by Crippen LogP contribution is -2.29. The lowest BCUT2D eigenvalue weighted by molar-refractivity contribution is -0.384. The summed E-state index contributed by atoms with van der Waals surface area (Å²) in [5, 5.41) is 15.5. The third-order valence-electron chi connectivity index (χ3n) is 6.92. The van der Waals surface area contributed by atoms with E-state index in [0.29, 0.717) is 10.9 Å². The predicted octanol–water partition coefficient (Wildman–Crippen LogP) is 6.65. The fourth-order valence-electron chi connectivity index (χ4n) is 5.15. The summed E-state index contributed by atoms with van der Waals surface area (Å²) in [5.41, 5.74) is 6.68. The van der Waals surface area contributed by atoms with Gasteiger partial charge in [-0.3, -0.25) is 15.1 Å². The van der Waals surface area contributed by atoms with Crippen LogP contribution in [0.3, 0.4) is 0 Å². The highest BCUT2D eigenvalue weighted by Crippen LogP contribution is 2.45. The van der Waals surface area contributed by atoms with E-state index in [1.54, 1.807) is 12.3 Å². The zero-order valence-corrected chi connectivity index (χ0v) is 23.7. The van der Waals surface area contributed by atoms with Crippen LogP contribution >= 0.6 is 28.1 Å². The summed E-state index contributed by atoms with van der Waals surface area (Å²) in [6, 6.07) is 18.5. The third-order valence-corrected chi connectivity index (χ3v) is 8.13. The average molecular weight is 593 g/mol. The number of methoxy groups -OCH3 is 1. The summed E-state index contributed by atoms with van der Waals surface area (Å²) in [6.45, 7) is 6.12. The first kappa shape index (κ1) is 25.9. The van der Waals surface area contributed by atoms with Crippen LogP contribution < -0.4 is 15.0 Å². The van der Waals surface area contributed by atoms with Gasteiger partial charge in [-0.15, -0.1) is 0 Å². The number of non-ortho nitro benzene ring substituents is 1. The number of aryl methyl sites for hydroxylation is 2. The molecule has 2 atom stereocenters. The van der Waals surface area contributed by atoms with Crippen molar-refractivity contribution in [3.8, 4) is 11.4 Å².